The molecule has 2 aromatic rings. The summed E-state index contributed by atoms with van der Waals surface area (Å²) in [5.41, 5.74) is 1.14. The number of halogens is 1. The Morgan fingerprint density at radius 1 is 1.30 bits per heavy atom. The van der Waals surface area contributed by atoms with E-state index in [0.717, 1.165) is 11.3 Å². The summed E-state index contributed by atoms with van der Waals surface area (Å²) in [4.78, 5) is 14.4. The molecule has 0 atom stereocenters. The quantitative estimate of drug-likeness (QED) is 0.485. The fourth-order valence-electron chi connectivity index (χ4n) is 1.59. The summed E-state index contributed by atoms with van der Waals surface area (Å²) in [5, 5.41) is 10.9. The first kappa shape index (κ1) is 14.0. The molecule has 0 aliphatic carbocycles. The molecular weight excluding hydrogens is 280 g/mol. The van der Waals surface area contributed by atoms with Crippen molar-refractivity contribution in [1.29, 1.82) is 0 Å². The third-order valence-electron chi connectivity index (χ3n) is 2.58. The Labute approximate surface area is 120 Å². The van der Waals surface area contributed by atoms with Crippen LogP contribution < -0.4 is 4.74 Å². The number of ether oxygens (including phenoxy) is 1. The van der Waals surface area contributed by atoms with Crippen LogP contribution in [0, 0.1) is 10.1 Å². The van der Waals surface area contributed by atoms with E-state index in [1.807, 2.05) is 24.3 Å². The summed E-state index contributed by atoms with van der Waals surface area (Å²) >= 11 is 5.74. The Balaban J connectivity index is 2.27. The van der Waals surface area contributed by atoms with Crippen LogP contribution in [-0.2, 0) is 0 Å². The predicted molar refractivity (Wildman–Crippen MR) is 78.4 cm³/mol. The predicted octanol–water partition coefficient (Wildman–Crippen LogP) is 4.01. The SMILES string of the molecule is COc1cccc(C=Nc2ccc(Cl)c([N+](=O)[O-])c2)c1. The lowest BCUT2D eigenvalue weighted by Crippen LogP contribution is -1.88. The largest absolute Gasteiger partial charge is 0.497 e. The summed E-state index contributed by atoms with van der Waals surface area (Å²) in [5.74, 6) is 0.719. The van der Waals surface area contributed by atoms with Crippen LogP contribution in [0.2, 0.25) is 5.02 Å². The second-order valence-electron chi connectivity index (χ2n) is 3.93. The van der Waals surface area contributed by atoms with Gasteiger partial charge in [-0.25, -0.2) is 0 Å². The first-order valence-electron chi connectivity index (χ1n) is 5.72. The lowest BCUT2D eigenvalue weighted by atomic mass is 10.2. The first-order valence-corrected chi connectivity index (χ1v) is 6.10. The number of aliphatic imine (C=N–C) groups is 1. The highest BCUT2D eigenvalue weighted by molar-refractivity contribution is 6.32. The van der Waals surface area contributed by atoms with E-state index in [1.54, 1.807) is 19.4 Å². The lowest BCUT2D eigenvalue weighted by Gasteiger charge is -2.00. The van der Waals surface area contributed by atoms with Crippen molar-refractivity contribution in [1.82, 2.24) is 0 Å². The lowest BCUT2D eigenvalue weighted by molar-refractivity contribution is -0.384. The van der Waals surface area contributed by atoms with Gasteiger partial charge in [0.25, 0.3) is 5.69 Å². The number of nitrogens with zero attached hydrogens (tertiary/aromatic N) is 2. The third-order valence-corrected chi connectivity index (χ3v) is 2.90. The standard InChI is InChI=1S/C14H11ClN2O3/c1-20-12-4-2-3-10(7-12)9-16-11-5-6-13(15)14(8-11)17(18)19/h2-9H,1H3. The molecule has 0 saturated heterocycles. The number of hydrogen-bond donors (Lipinski definition) is 0. The Morgan fingerprint density at radius 3 is 2.80 bits per heavy atom. The molecule has 2 rings (SSSR count). The Hall–Kier alpha value is -2.40. The molecule has 0 aliphatic rings. The fraction of sp³-hybridized carbons (Fsp3) is 0.0714. The van der Waals surface area contributed by atoms with Crippen molar-refractivity contribution in [3.05, 3.63) is 63.2 Å². The smallest absolute Gasteiger partial charge is 0.290 e. The summed E-state index contributed by atoms with van der Waals surface area (Å²) < 4.78 is 5.10. The average Bonchev–Trinajstić information content (AvgIpc) is 2.46. The van der Waals surface area contributed by atoms with Crippen LogP contribution in [0.25, 0.3) is 0 Å². The Bertz CT molecular complexity index is 671. The molecule has 0 radical (unpaired) electrons. The van der Waals surface area contributed by atoms with E-state index in [9.17, 15) is 10.1 Å². The van der Waals surface area contributed by atoms with Gasteiger partial charge >= 0.3 is 0 Å². The van der Waals surface area contributed by atoms with Crippen molar-refractivity contribution in [3.8, 4) is 5.75 Å². The van der Waals surface area contributed by atoms with Gasteiger partial charge in [0.1, 0.15) is 10.8 Å². The van der Waals surface area contributed by atoms with Crippen molar-refractivity contribution >= 4 is 29.2 Å². The maximum Gasteiger partial charge on any atom is 0.290 e. The molecule has 0 bridgehead atoms. The molecule has 0 unspecified atom stereocenters. The van der Waals surface area contributed by atoms with Gasteiger partial charge in [0.2, 0.25) is 0 Å². The Kier molecular flexibility index (Phi) is 4.32. The summed E-state index contributed by atoms with van der Waals surface area (Å²) in [6, 6.07) is 11.7. The van der Waals surface area contributed by atoms with Gasteiger partial charge in [-0.3, -0.25) is 15.1 Å². The number of rotatable bonds is 4. The van der Waals surface area contributed by atoms with Gasteiger partial charge in [-0.05, 0) is 29.8 Å². The van der Waals surface area contributed by atoms with E-state index in [2.05, 4.69) is 4.99 Å². The molecule has 6 heteroatoms. The molecule has 20 heavy (non-hydrogen) atoms. The summed E-state index contributed by atoms with van der Waals surface area (Å²) in [6.07, 6.45) is 1.61. The van der Waals surface area contributed by atoms with Crippen LogP contribution in [0.1, 0.15) is 5.56 Å². The van der Waals surface area contributed by atoms with Crippen molar-refractivity contribution in [3.63, 3.8) is 0 Å². The Morgan fingerprint density at radius 2 is 2.10 bits per heavy atom. The average molecular weight is 291 g/mol. The molecule has 5 nitrogen and oxygen atoms in total. The van der Waals surface area contributed by atoms with Crippen molar-refractivity contribution in [2.24, 2.45) is 4.99 Å². The molecule has 0 aliphatic heterocycles. The van der Waals surface area contributed by atoms with E-state index < -0.39 is 4.92 Å². The highest BCUT2D eigenvalue weighted by Gasteiger charge is 2.11. The second-order valence-corrected chi connectivity index (χ2v) is 4.33. The molecule has 0 N–H and O–H groups in total. The number of nitro benzene ring substituents is 1. The highest BCUT2D eigenvalue weighted by Crippen LogP contribution is 2.28. The number of benzene rings is 2. The van der Waals surface area contributed by atoms with Gasteiger partial charge in [0.05, 0.1) is 17.7 Å². The molecule has 2 aromatic carbocycles. The zero-order valence-corrected chi connectivity index (χ0v) is 11.4. The minimum atomic E-state index is -0.535. The van der Waals surface area contributed by atoms with Crippen LogP contribution in [0.3, 0.4) is 0 Å². The van der Waals surface area contributed by atoms with E-state index in [4.69, 9.17) is 16.3 Å². The van der Waals surface area contributed by atoms with Gasteiger partial charge in [0.15, 0.2) is 0 Å². The molecule has 0 amide bonds. The van der Waals surface area contributed by atoms with Crippen molar-refractivity contribution in [2.75, 3.05) is 7.11 Å². The molecule has 102 valence electrons. The summed E-state index contributed by atoms with van der Waals surface area (Å²) in [6.45, 7) is 0. The molecule has 0 saturated carbocycles. The van der Waals surface area contributed by atoms with E-state index in [1.165, 1.54) is 12.1 Å². The van der Waals surface area contributed by atoms with Crippen LogP contribution in [-0.4, -0.2) is 18.2 Å². The zero-order chi connectivity index (χ0) is 14.5. The van der Waals surface area contributed by atoms with E-state index >= 15 is 0 Å². The zero-order valence-electron chi connectivity index (χ0n) is 10.6. The van der Waals surface area contributed by atoms with Crippen molar-refractivity contribution < 1.29 is 9.66 Å². The van der Waals surface area contributed by atoms with Gasteiger partial charge in [-0.1, -0.05) is 23.7 Å². The van der Waals surface area contributed by atoms with Gasteiger partial charge < -0.3 is 4.74 Å². The maximum absolute atomic E-state index is 10.8. The van der Waals surface area contributed by atoms with E-state index in [-0.39, 0.29) is 10.7 Å². The third kappa shape index (κ3) is 3.33. The molecule has 0 heterocycles. The molecular formula is C14H11ClN2O3. The monoisotopic (exact) mass is 290 g/mol. The van der Waals surface area contributed by atoms with Crippen LogP contribution in [0.15, 0.2) is 47.5 Å². The topological polar surface area (TPSA) is 64.7 Å². The maximum atomic E-state index is 10.8. The summed E-state index contributed by atoms with van der Waals surface area (Å²) in [7, 11) is 1.58. The highest BCUT2D eigenvalue weighted by atomic mass is 35.5. The number of nitro groups is 1. The minimum Gasteiger partial charge on any atom is -0.497 e. The molecule has 0 fully saturated rings. The first-order chi connectivity index (χ1) is 9.60. The molecule has 0 spiro atoms. The van der Waals surface area contributed by atoms with Gasteiger partial charge in [0, 0.05) is 12.3 Å². The van der Waals surface area contributed by atoms with Gasteiger partial charge in [-0.2, -0.15) is 0 Å². The van der Waals surface area contributed by atoms with Crippen molar-refractivity contribution in [2.45, 2.75) is 0 Å². The molecule has 0 aromatic heterocycles. The van der Waals surface area contributed by atoms with E-state index in [0.29, 0.717) is 5.69 Å². The fourth-order valence-corrected chi connectivity index (χ4v) is 1.78. The number of methoxy groups -OCH3 is 1. The van der Waals surface area contributed by atoms with Crippen LogP contribution in [0.5, 0.6) is 5.75 Å². The number of hydrogen-bond acceptors (Lipinski definition) is 4. The normalized spacial score (nSPS) is 10.7. The minimum absolute atomic E-state index is 0.0929. The van der Waals surface area contributed by atoms with Crippen LogP contribution in [0.4, 0.5) is 11.4 Å². The second kappa shape index (κ2) is 6.16. The van der Waals surface area contributed by atoms with Gasteiger partial charge in [-0.15, -0.1) is 0 Å². The van der Waals surface area contributed by atoms with Crippen LogP contribution >= 0.6 is 11.6 Å².